The van der Waals surface area contributed by atoms with Gasteiger partial charge in [-0.15, -0.1) is 0 Å². The lowest BCUT2D eigenvalue weighted by Crippen LogP contribution is -2.45. The van der Waals surface area contributed by atoms with Gasteiger partial charge in [-0.3, -0.25) is 0 Å². The maximum Gasteiger partial charge on any atom is 0.338 e. The summed E-state index contributed by atoms with van der Waals surface area (Å²) in [5.74, 6) is -0.173. The third-order valence-electron chi connectivity index (χ3n) is 3.23. The van der Waals surface area contributed by atoms with Crippen LogP contribution in [0.1, 0.15) is 47.0 Å². The van der Waals surface area contributed by atoms with Crippen LogP contribution in [0.2, 0.25) is 0 Å². The van der Waals surface area contributed by atoms with E-state index in [-0.39, 0.29) is 17.5 Å². The van der Waals surface area contributed by atoms with Crippen LogP contribution >= 0.6 is 0 Å². The fraction of sp³-hybridized carbons (Fsp3) is 0.769. The van der Waals surface area contributed by atoms with Crippen molar-refractivity contribution in [3.63, 3.8) is 0 Å². The van der Waals surface area contributed by atoms with Gasteiger partial charge in [0, 0.05) is 5.41 Å². The Labute approximate surface area is 96.8 Å². The molecule has 1 aliphatic heterocycles. The van der Waals surface area contributed by atoms with Gasteiger partial charge in [0.1, 0.15) is 0 Å². The van der Waals surface area contributed by atoms with Crippen molar-refractivity contribution < 1.29 is 14.3 Å². The maximum absolute atomic E-state index is 11.9. The van der Waals surface area contributed by atoms with Crippen LogP contribution in [0.5, 0.6) is 0 Å². The van der Waals surface area contributed by atoms with Crippen molar-refractivity contribution in [1.82, 2.24) is 0 Å². The van der Waals surface area contributed by atoms with Crippen molar-refractivity contribution in [3.05, 3.63) is 11.1 Å². The number of hydrogen-bond acceptors (Lipinski definition) is 3. The first-order valence-electron chi connectivity index (χ1n) is 5.95. The normalized spacial score (nSPS) is 31.1. The predicted octanol–water partition coefficient (Wildman–Crippen LogP) is 2.80. The Kier molecular flexibility index (Phi) is 2.82. The Morgan fingerprint density at radius 1 is 1.31 bits per heavy atom. The molecule has 1 aliphatic carbocycles. The molecule has 1 saturated heterocycles. The average molecular weight is 224 g/mol. The lowest BCUT2D eigenvalue weighted by molar-refractivity contribution is -0.230. The zero-order valence-electron chi connectivity index (χ0n) is 10.5. The third kappa shape index (κ3) is 2.01. The third-order valence-corrected chi connectivity index (χ3v) is 3.23. The highest BCUT2D eigenvalue weighted by Gasteiger charge is 2.41. The van der Waals surface area contributed by atoms with Crippen LogP contribution in [-0.2, 0) is 14.3 Å². The molecular weight excluding hydrogens is 204 g/mol. The summed E-state index contributed by atoms with van der Waals surface area (Å²) >= 11 is 0. The first-order chi connectivity index (χ1) is 7.39. The molecule has 2 atom stereocenters. The summed E-state index contributed by atoms with van der Waals surface area (Å²) in [6.45, 7) is 8.07. The van der Waals surface area contributed by atoms with E-state index in [1.807, 2.05) is 27.7 Å². The zero-order valence-corrected chi connectivity index (χ0v) is 10.5. The molecule has 0 aromatic heterocycles. The van der Waals surface area contributed by atoms with E-state index in [4.69, 9.17) is 9.47 Å². The molecule has 1 fully saturated rings. The van der Waals surface area contributed by atoms with Crippen LogP contribution in [-0.4, -0.2) is 18.4 Å². The zero-order chi connectivity index (χ0) is 11.9. The minimum Gasteiger partial charge on any atom is -0.432 e. The molecule has 3 nitrogen and oxygen atoms in total. The molecule has 0 saturated carbocycles. The summed E-state index contributed by atoms with van der Waals surface area (Å²) in [4.78, 5) is 11.9. The molecule has 1 heterocycles. The second kappa shape index (κ2) is 3.88. The van der Waals surface area contributed by atoms with Crippen molar-refractivity contribution in [2.45, 2.75) is 59.4 Å². The maximum atomic E-state index is 11.9. The molecule has 2 rings (SSSR count). The Morgan fingerprint density at radius 2 is 2.00 bits per heavy atom. The first-order valence-corrected chi connectivity index (χ1v) is 5.95. The topological polar surface area (TPSA) is 35.5 Å². The van der Waals surface area contributed by atoms with E-state index < -0.39 is 6.29 Å². The van der Waals surface area contributed by atoms with Gasteiger partial charge in [0.05, 0.1) is 11.7 Å². The number of allylic oxidation sites excluding steroid dienone is 1. The van der Waals surface area contributed by atoms with Gasteiger partial charge in [-0.05, 0) is 26.2 Å². The van der Waals surface area contributed by atoms with Crippen LogP contribution < -0.4 is 0 Å². The molecule has 0 aromatic rings. The molecule has 0 spiro atoms. The number of hydrogen-bond donors (Lipinski definition) is 0. The standard InChI is InChI=1S/C13H20O3/c1-8-6-5-7-9-10(8)11(14)16-12(15-9)13(2,3)4/h9,12H,5-7H2,1-4H3/t9-,12-/m0/s1. The second-order valence-electron chi connectivity index (χ2n) is 5.81. The van der Waals surface area contributed by atoms with E-state index in [0.717, 1.165) is 30.4 Å². The number of fused-ring (bicyclic) bond motifs is 1. The van der Waals surface area contributed by atoms with Gasteiger partial charge < -0.3 is 9.47 Å². The largest absolute Gasteiger partial charge is 0.432 e. The van der Waals surface area contributed by atoms with Crippen LogP contribution in [0.25, 0.3) is 0 Å². The summed E-state index contributed by atoms with van der Waals surface area (Å²) in [6.07, 6.45) is 2.57. The molecule has 0 bridgehead atoms. The number of cyclic esters (lactones) is 1. The van der Waals surface area contributed by atoms with Gasteiger partial charge in [-0.25, -0.2) is 4.79 Å². The Morgan fingerprint density at radius 3 is 2.62 bits per heavy atom. The van der Waals surface area contributed by atoms with Crippen molar-refractivity contribution >= 4 is 5.97 Å². The number of esters is 1. The van der Waals surface area contributed by atoms with Crippen LogP contribution in [0.3, 0.4) is 0 Å². The van der Waals surface area contributed by atoms with Gasteiger partial charge in [0.15, 0.2) is 0 Å². The van der Waals surface area contributed by atoms with Crippen molar-refractivity contribution in [2.75, 3.05) is 0 Å². The van der Waals surface area contributed by atoms with Gasteiger partial charge in [-0.2, -0.15) is 0 Å². The monoisotopic (exact) mass is 224 g/mol. The van der Waals surface area contributed by atoms with E-state index >= 15 is 0 Å². The second-order valence-corrected chi connectivity index (χ2v) is 5.81. The van der Waals surface area contributed by atoms with E-state index in [2.05, 4.69) is 0 Å². The van der Waals surface area contributed by atoms with E-state index in [9.17, 15) is 4.79 Å². The summed E-state index contributed by atoms with van der Waals surface area (Å²) in [7, 11) is 0. The Hall–Kier alpha value is -0.830. The predicted molar refractivity (Wildman–Crippen MR) is 60.8 cm³/mol. The summed E-state index contributed by atoms with van der Waals surface area (Å²) in [6, 6.07) is 0. The first kappa shape index (κ1) is 11.6. The highest BCUT2D eigenvalue weighted by atomic mass is 16.7. The molecule has 0 amide bonds. The fourth-order valence-electron chi connectivity index (χ4n) is 2.27. The number of carbonyl (C=O) groups is 1. The summed E-state index contributed by atoms with van der Waals surface area (Å²) in [5, 5.41) is 0. The molecular formula is C13H20O3. The quantitative estimate of drug-likeness (QED) is 0.593. The number of rotatable bonds is 0. The molecule has 16 heavy (non-hydrogen) atoms. The molecule has 0 radical (unpaired) electrons. The minimum absolute atomic E-state index is 0.0424. The Balaban J connectivity index is 2.24. The van der Waals surface area contributed by atoms with Gasteiger partial charge in [0.25, 0.3) is 0 Å². The van der Waals surface area contributed by atoms with Crippen LogP contribution in [0.4, 0.5) is 0 Å². The van der Waals surface area contributed by atoms with Gasteiger partial charge in [-0.1, -0.05) is 26.3 Å². The van der Waals surface area contributed by atoms with Gasteiger partial charge in [0.2, 0.25) is 6.29 Å². The fourth-order valence-corrected chi connectivity index (χ4v) is 2.27. The van der Waals surface area contributed by atoms with E-state index in [1.54, 1.807) is 0 Å². The van der Waals surface area contributed by atoms with Crippen molar-refractivity contribution in [3.8, 4) is 0 Å². The van der Waals surface area contributed by atoms with E-state index in [0.29, 0.717) is 0 Å². The van der Waals surface area contributed by atoms with Crippen molar-refractivity contribution in [1.29, 1.82) is 0 Å². The summed E-state index contributed by atoms with van der Waals surface area (Å²) in [5.41, 5.74) is 1.74. The average Bonchev–Trinajstić information content (AvgIpc) is 2.15. The molecule has 90 valence electrons. The smallest absolute Gasteiger partial charge is 0.338 e. The molecule has 0 N–H and O–H groups in total. The van der Waals surface area contributed by atoms with Gasteiger partial charge >= 0.3 is 5.97 Å². The SMILES string of the molecule is CC1=C2C(=O)O[C@@H](C(C)(C)C)O[C@H]2CCC1. The molecule has 0 aromatic carbocycles. The molecule has 3 heteroatoms. The minimum atomic E-state index is -0.417. The molecule has 2 aliphatic rings. The Bertz CT molecular complexity index is 336. The van der Waals surface area contributed by atoms with Crippen molar-refractivity contribution in [2.24, 2.45) is 5.41 Å². The van der Waals surface area contributed by atoms with E-state index in [1.165, 1.54) is 0 Å². The number of carbonyl (C=O) groups excluding carboxylic acids is 1. The molecule has 0 unspecified atom stereocenters. The summed E-state index contributed by atoms with van der Waals surface area (Å²) < 4.78 is 11.3. The lowest BCUT2D eigenvalue weighted by atomic mass is 9.88. The highest BCUT2D eigenvalue weighted by Crippen LogP contribution is 2.37. The van der Waals surface area contributed by atoms with Crippen LogP contribution in [0.15, 0.2) is 11.1 Å². The lowest BCUT2D eigenvalue weighted by Gasteiger charge is -2.40. The highest BCUT2D eigenvalue weighted by molar-refractivity contribution is 5.91. The number of ether oxygens (including phenoxy) is 2. The van der Waals surface area contributed by atoms with Crippen LogP contribution in [0, 0.1) is 5.41 Å².